The standard InChI is InChI=1S/C8H6BrNO/c9-8-5-10-6-3-1-2-4-7(6)11-8/h1-5,8H. The zero-order valence-corrected chi connectivity index (χ0v) is 7.28. The van der Waals surface area contributed by atoms with Gasteiger partial charge in [-0.1, -0.05) is 12.1 Å². The molecule has 2 nitrogen and oxygen atoms in total. The fraction of sp³-hybridized carbons (Fsp3) is 0.125. The third-order valence-corrected chi connectivity index (χ3v) is 1.86. The monoisotopic (exact) mass is 211 g/mol. The van der Waals surface area contributed by atoms with Gasteiger partial charge in [0.25, 0.3) is 0 Å². The molecule has 0 saturated heterocycles. The number of hydrogen-bond acceptors (Lipinski definition) is 2. The van der Waals surface area contributed by atoms with E-state index in [4.69, 9.17) is 4.74 Å². The Morgan fingerprint density at radius 3 is 3.09 bits per heavy atom. The summed E-state index contributed by atoms with van der Waals surface area (Å²) in [6.07, 6.45) is 1.72. The van der Waals surface area contributed by atoms with E-state index in [1.807, 2.05) is 24.3 Å². The maximum absolute atomic E-state index is 5.40. The van der Waals surface area contributed by atoms with Gasteiger partial charge in [-0.25, -0.2) is 0 Å². The van der Waals surface area contributed by atoms with E-state index >= 15 is 0 Å². The Hall–Kier alpha value is -0.830. The molecular weight excluding hydrogens is 206 g/mol. The van der Waals surface area contributed by atoms with Crippen molar-refractivity contribution >= 4 is 27.8 Å². The molecule has 1 aliphatic rings. The molecule has 0 amide bonds. The second-order valence-electron chi connectivity index (χ2n) is 2.21. The van der Waals surface area contributed by atoms with Crippen molar-refractivity contribution in [3.8, 4) is 5.75 Å². The predicted molar refractivity (Wildman–Crippen MR) is 47.9 cm³/mol. The number of halogens is 1. The summed E-state index contributed by atoms with van der Waals surface area (Å²) < 4.78 is 5.40. The first kappa shape index (κ1) is 6.85. The molecule has 1 aliphatic heterocycles. The Morgan fingerprint density at radius 1 is 1.36 bits per heavy atom. The molecule has 56 valence electrons. The van der Waals surface area contributed by atoms with Gasteiger partial charge in [0, 0.05) is 0 Å². The van der Waals surface area contributed by atoms with Gasteiger partial charge in [0.2, 0.25) is 0 Å². The predicted octanol–water partition coefficient (Wildman–Crippen LogP) is 2.50. The van der Waals surface area contributed by atoms with Crippen molar-refractivity contribution in [1.82, 2.24) is 0 Å². The van der Waals surface area contributed by atoms with Crippen molar-refractivity contribution in [3.63, 3.8) is 0 Å². The molecule has 1 heterocycles. The molecule has 1 aromatic rings. The molecule has 2 rings (SSSR count). The van der Waals surface area contributed by atoms with Crippen LogP contribution in [0.2, 0.25) is 0 Å². The molecule has 0 spiro atoms. The van der Waals surface area contributed by atoms with Gasteiger partial charge in [-0.3, -0.25) is 4.99 Å². The van der Waals surface area contributed by atoms with E-state index in [2.05, 4.69) is 20.9 Å². The highest BCUT2D eigenvalue weighted by molar-refractivity contribution is 9.09. The largest absolute Gasteiger partial charge is 0.471 e. The smallest absolute Gasteiger partial charge is 0.188 e. The maximum atomic E-state index is 5.40. The van der Waals surface area contributed by atoms with Gasteiger partial charge < -0.3 is 4.74 Å². The van der Waals surface area contributed by atoms with E-state index in [1.54, 1.807) is 6.21 Å². The fourth-order valence-electron chi connectivity index (χ4n) is 0.954. The molecule has 0 bridgehead atoms. The van der Waals surface area contributed by atoms with Crippen LogP contribution in [0, 0.1) is 0 Å². The van der Waals surface area contributed by atoms with E-state index < -0.39 is 0 Å². The van der Waals surface area contributed by atoms with E-state index in [0.29, 0.717) is 0 Å². The van der Waals surface area contributed by atoms with Gasteiger partial charge in [0.05, 0.1) is 6.21 Å². The summed E-state index contributed by atoms with van der Waals surface area (Å²) >= 11 is 3.29. The number of nitrogens with zero attached hydrogens (tertiary/aromatic N) is 1. The Balaban J connectivity index is 2.46. The Labute approximate surface area is 73.0 Å². The average molecular weight is 212 g/mol. The quantitative estimate of drug-likeness (QED) is 0.605. The summed E-state index contributed by atoms with van der Waals surface area (Å²) in [6, 6.07) is 7.69. The minimum absolute atomic E-state index is 0.0857. The summed E-state index contributed by atoms with van der Waals surface area (Å²) in [6.45, 7) is 0. The van der Waals surface area contributed by atoms with Crippen LogP contribution in [0.25, 0.3) is 0 Å². The van der Waals surface area contributed by atoms with E-state index in [0.717, 1.165) is 11.4 Å². The highest BCUT2D eigenvalue weighted by Crippen LogP contribution is 2.30. The van der Waals surface area contributed by atoms with Crippen LogP contribution in [-0.2, 0) is 0 Å². The molecule has 0 N–H and O–H groups in total. The highest BCUT2D eigenvalue weighted by Gasteiger charge is 2.10. The first-order valence-corrected chi connectivity index (χ1v) is 4.22. The Bertz CT molecular complexity index is 298. The van der Waals surface area contributed by atoms with Crippen molar-refractivity contribution in [2.45, 2.75) is 5.01 Å². The van der Waals surface area contributed by atoms with Crippen LogP contribution in [0.3, 0.4) is 0 Å². The Morgan fingerprint density at radius 2 is 2.18 bits per heavy atom. The van der Waals surface area contributed by atoms with Crippen molar-refractivity contribution in [2.75, 3.05) is 0 Å². The molecule has 0 radical (unpaired) electrons. The van der Waals surface area contributed by atoms with Crippen LogP contribution in [0.1, 0.15) is 0 Å². The minimum atomic E-state index is -0.0857. The lowest BCUT2D eigenvalue weighted by Gasteiger charge is -2.14. The summed E-state index contributed by atoms with van der Waals surface area (Å²) in [7, 11) is 0. The third kappa shape index (κ3) is 1.28. The van der Waals surface area contributed by atoms with Gasteiger partial charge in [0.1, 0.15) is 11.4 Å². The summed E-state index contributed by atoms with van der Waals surface area (Å²) in [5.41, 5.74) is 0.892. The lowest BCUT2D eigenvalue weighted by atomic mass is 10.3. The molecule has 3 heteroatoms. The number of aliphatic imine (C=N–C) groups is 1. The second-order valence-corrected chi connectivity index (χ2v) is 3.12. The van der Waals surface area contributed by atoms with Gasteiger partial charge in [-0.15, -0.1) is 0 Å². The number of ether oxygens (including phenoxy) is 1. The van der Waals surface area contributed by atoms with Crippen LogP contribution in [-0.4, -0.2) is 11.2 Å². The average Bonchev–Trinajstić information content (AvgIpc) is 2.04. The molecular formula is C8H6BrNO. The van der Waals surface area contributed by atoms with Gasteiger partial charge in [0.15, 0.2) is 5.01 Å². The van der Waals surface area contributed by atoms with Crippen LogP contribution in [0.5, 0.6) is 5.75 Å². The number of para-hydroxylation sites is 2. The third-order valence-electron chi connectivity index (χ3n) is 1.44. The molecule has 0 aliphatic carbocycles. The Kier molecular flexibility index (Phi) is 1.66. The normalized spacial score (nSPS) is 20.6. The zero-order chi connectivity index (χ0) is 7.68. The van der Waals surface area contributed by atoms with Crippen molar-refractivity contribution in [1.29, 1.82) is 0 Å². The van der Waals surface area contributed by atoms with Crippen molar-refractivity contribution in [3.05, 3.63) is 24.3 Å². The van der Waals surface area contributed by atoms with Gasteiger partial charge in [-0.05, 0) is 28.1 Å². The summed E-state index contributed by atoms with van der Waals surface area (Å²) in [5.74, 6) is 0.830. The lowest BCUT2D eigenvalue weighted by molar-refractivity contribution is 0.354. The minimum Gasteiger partial charge on any atom is -0.471 e. The molecule has 11 heavy (non-hydrogen) atoms. The van der Waals surface area contributed by atoms with E-state index in [-0.39, 0.29) is 5.01 Å². The summed E-state index contributed by atoms with van der Waals surface area (Å²) in [5, 5.41) is -0.0857. The van der Waals surface area contributed by atoms with E-state index in [1.165, 1.54) is 0 Å². The molecule has 0 aromatic heterocycles. The first-order chi connectivity index (χ1) is 5.36. The molecule has 0 fully saturated rings. The zero-order valence-electron chi connectivity index (χ0n) is 5.70. The second kappa shape index (κ2) is 2.66. The van der Waals surface area contributed by atoms with Crippen molar-refractivity contribution < 1.29 is 4.74 Å². The summed E-state index contributed by atoms with van der Waals surface area (Å²) in [4.78, 5) is 4.18. The van der Waals surface area contributed by atoms with Crippen molar-refractivity contribution in [2.24, 2.45) is 4.99 Å². The van der Waals surface area contributed by atoms with Crippen LogP contribution in [0.4, 0.5) is 5.69 Å². The lowest BCUT2D eigenvalue weighted by Crippen LogP contribution is -2.12. The topological polar surface area (TPSA) is 21.6 Å². The first-order valence-electron chi connectivity index (χ1n) is 3.30. The van der Waals surface area contributed by atoms with Gasteiger partial charge in [-0.2, -0.15) is 0 Å². The number of rotatable bonds is 0. The number of alkyl halides is 1. The fourth-order valence-corrected chi connectivity index (χ4v) is 1.27. The number of benzene rings is 1. The van der Waals surface area contributed by atoms with Crippen LogP contribution in [0.15, 0.2) is 29.3 Å². The molecule has 1 aromatic carbocycles. The maximum Gasteiger partial charge on any atom is 0.188 e. The number of hydrogen-bond donors (Lipinski definition) is 0. The van der Waals surface area contributed by atoms with E-state index in [9.17, 15) is 0 Å². The molecule has 1 unspecified atom stereocenters. The van der Waals surface area contributed by atoms with Crippen LogP contribution < -0.4 is 4.74 Å². The molecule has 1 atom stereocenters. The SMILES string of the molecule is BrC1C=Nc2ccccc2O1. The molecule has 0 saturated carbocycles. The highest BCUT2D eigenvalue weighted by atomic mass is 79.9. The van der Waals surface area contributed by atoms with Gasteiger partial charge >= 0.3 is 0 Å². The van der Waals surface area contributed by atoms with Crippen LogP contribution >= 0.6 is 15.9 Å². The number of fused-ring (bicyclic) bond motifs is 1.